The maximum Gasteiger partial charge on any atom is 0.247 e. The molecule has 0 atom stereocenters. The molecule has 2 aromatic heterocycles. The highest BCUT2D eigenvalue weighted by Gasteiger charge is 2.12. The minimum absolute atomic E-state index is 0.263. The topological polar surface area (TPSA) is 93.6 Å². The first-order valence-electron chi connectivity index (χ1n) is 7.60. The van der Waals surface area contributed by atoms with Crippen LogP contribution < -0.4 is 5.73 Å². The molecule has 0 saturated heterocycles. The van der Waals surface area contributed by atoms with Crippen LogP contribution >= 0.6 is 0 Å². The van der Waals surface area contributed by atoms with Gasteiger partial charge in [-0.3, -0.25) is 5.10 Å². The first-order valence-corrected chi connectivity index (χ1v) is 7.60. The zero-order valence-corrected chi connectivity index (χ0v) is 13.0. The Morgan fingerprint density at radius 1 is 1.04 bits per heavy atom. The van der Waals surface area contributed by atoms with Crippen molar-refractivity contribution in [1.82, 2.24) is 20.4 Å². The predicted octanol–water partition coefficient (Wildman–Crippen LogP) is 3.26. The van der Waals surface area contributed by atoms with Crippen molar-refractivity contribution in [2.45, 2.75) is 12.8 Å². The number of anilines is 1. The van der Waals surface area contributed by atoms with Gasteiger partial charge in [-0.1, -0.05) is 0 Å². The van der Waals surface area contributed by atoms with Gasteiger partial charge >= 0.3 is 0 Å². The van der Waals surface area contributed by atoms with Crippen LogP contribution in [0.2, 0.25) is 0 Å². The second-order valence-corrected chi connectivity index (χ2v) is 5.61. The summed E-state index contributed by atoms with van der Waals surface area (Å²) < 4.78 is 32.5. The van der Waals surface area contributed by atoms with Crippen LogP contribution in [0.3, 0.4) is 0 Å². The fourth-order valence-corrected chi connectivity index (χ4v) is 2.62. The van der Waals surface area contributed by atoms with Gasteiger partial charge in [0.25, 0.3) is 0 Å². The van der Waals surface area contributed by atoms with E-state index in [4.69, 9.17) is 10.2 Å². The Morgan fingerprint density at radius 2 is 1.92 bits per heavy atom. The van der Waals surface area contributed by atoms with E-state index in [1.807, 2.05) is 12.1 Å². The summed E-state index contributed by atoms with van der Waals surface area (Å²) in [6.45, 7) is 0. The van der Waals surface area contributed by atoms with Crippen molar-refractivity contribution in [3.63, 3.8) is 0 Å². The number of nitrogen functional groups attached to an aromatic ring is 1. The average Bonchev–Trinajstić information content (AvgIpc) is 3.23. The van der Waals surface area contributed by atoms with E-state index in [0.29, 0.717) is 29.6 Å². The van der Waals surface area contributed by atoms with Gasteiger partial charge in [0, 0.05) is 17.4 Å². The lowest BCUT2D eigenvalue weighted by molar-refractivity contribution is 0.500. The van der Waals surface area contributed by atoms with Gasteiger partial charge in [-0.25, -0.2) is 8.78 Å². The fourth-order valence-electron chi connectivity index (χ4n) is 2.62. The van der Waals surface area contributed by atoms with Gasteiger partial charge in [0.15, 0.2) is 5.82 Å². The Bertz CT molecular complexity index is 1060. The van der Waals surface area contributed by atoms with Crippen LogP contribution in [0.5, 0.6) is 0 Å². The number of hydrogen-bond donors (Lipinski definition) is 2. The van der Waals surface area contributed by atoms with Crippen LogP contribution in [0.15, 0.2) is 40.8 Å². The molecule has 25 heavy (non-hydrogen) atoms. The molecule has 2 heterocycles. The van der Waals surface area contributed by atoms with Crippen molar-refractivity contribution >= 4 is 16.7 Å². The summed E-state index contributed by atoms with van der Waals surface area (Å²) in [7, 11) is 0. The lowest BCUT2D eigenvalue weighted by Gasteiger charge is -2.01. The summed E-state index contributed by atoms with van der Waals surface area (Å²) in [5.74, 6) is 0.130. The number of nitrogens with zero attached hydrogens (tertiary/aromatic N) is 3. The van der Waals surface area contributed by atoms with Crippen LogP contribution in [0.25, 0.3) is 22.4 Å². The molecule has 0 radical (unpaired) electrons. The van der Waals surface area contributed by atoms with Crippen LogP contribution in [-0.4, -0.2) is 20.4 Å². The highest BCUT2D eigenvalue weighted by atomic mass is 19.1. The van der Waals surface area contributed by atoms with E-state index < -0.39 is 11.6 Å². The van der Waals surface area contributed by atoms with Gasteiger partial charge in [0.05, 0.1) is 5.52 Å². The lowest BCUT2D eigenvalue weighted by Crippen LogP contribution is -1.96. The zero-order valence-electron chi connectivity index (χ0n) is 13.0. The summed E-state index contributed by atoms with van der Waals surface area (Å²) in [6, 6.07) is 8.79. The number of hydrogen-bond acceptors (Lipinski definition) is 5. The summed E-state index contributed by atoms with van der Waals surface area (Å²) >= 11 is 0. The molecule has 0 fully saturated rings. The molecule has 6 nitrogen and oxygen atoms in total. The maximum atomic E-state index is 13.6. The summed E-state index contributed by atoms with van der Waals surface area (Å²) in [5.41, 5.74) is 7.58. The number of aryl methyl sites for hydroxylation is 2. The van der Waals surface area contributed by atoms with Gasteiger partial charge in [-0.05, 0) is 48.4 Å². The molecule has 4 rings (SSSR count). The standard InChI is InChI=1S/C17H13F2N5O/c18-11-3-4-13(19)9(7-11)2-6-15-22-24-17(25-15)10-1-5-14-12(8-10)16(20)23-21-14/h1,3-5,7-8H,2,6H2,(H3,20,21,23). The van der Waals surface area contributed by atoms with E-state index in [9.17, 15) is 8.78 Å². The monoisotopic (exact) mass is 341 g/mol. The Morgan fingerprint density at radius 3 is 2.80 bits per heavy atom. The van der Waals surface area contributed by atoms with E-state index in [-0.39, 0.29) is 12.0 Å². The molecule has 0 saturated carbocycles. The highest BCUT2D eigenvalue weighted by Crippen LogP contribution is 2.25. The van der Waals surface area contributed by atoms with E-state index in [0.717, 1.165) is 23.0 Å². The number of aromatic nitrogens is 4. The molecule has 4 aromatic rings. The fraction of sp³-hybridized carbons (Fsp3) is 0.118. The number of aromatic amines is 1. The molecular weight excluding hydrogens is 328 g/mol. The number of nitrogens with one attached hydrogen (secondary N) is 1. The Kier molecular flexibility index (Phi) is 3.64. The quantitative estimate of drug-likeness (QED) is 0.594. The number of fused-ring (bicyclic) bond motifs is 1. The minimum Gasteiger partial charge on any atom is -0.421 e. The molecule has 0 amide bonds. The van der Waals surface area contributed by atoms with Crippen molar-refractivity contribution in [2.24, 2.45) is 0 Å². The van der Waals surface area contributed by atoms with Crippen LogP contribution in [0.1, 0.15) is 11.5 Å². The first-order chi connectivity index (χ1) is 12.1. The van der Waals surface area contributed by atoms with Gasteiger partial charge in [0.1, 0.15) is 11.6 Å². The third-order valence-electron chi connectivity index (χ3n) is 3.92. The molecule has 8 heteroatoms. The van der Waals surface area contributed by atoms with E-state index in [1.165, 1.54) is 6.07 Å². The average molecular weight is 341 g/mol. The normalized spacial score (nSPS) is 11.3. The third kappa shape index (κ3) is 2.93. The van der Waals surface area contributed by atoms with Crippen molar-refractivity contribution in [2.75, 3.05) is 5.73 Å². The SMILES string of the molecule is Nc1n[nH]c2ccc(-c3nnc(CCc4cc(F)ccc4F)o3)cc12. The molecule has 0 aliphatic carbocycles. The maximum absolute atomic E-state index is 13.6. The molecular formula is C17H13F2N5O. The Hall–Kier alpha value is -3.29. The van der Waals surface area contributed by atoms with E-state index in [1.54, 1.807) is 6.07 Å². The first kappa shape index (κ1) is 15.3. The van der Waals surface area contributed by atoms with Crippen LogP contribution in [0.4, 0.5) is 14.6 Å². The third-order valence-corrected chi connectivity index (χ3v) is 3.92. The second-order valence-electron chi connectivity index (χ2n) is 5.61. The molecule has 0 aliphatic rings. The summed E-state index contributed by atoms with van der Waals surface area (Å²) in [4.78, 5) is 0. The van der Waals surface area contributed by atoms with Gasteiger partial charge in [-0.15, -0.1) is 10.2 Å². The largest absolute Gasteiger partial charge is 0.421 e. The molecule has 0 spiro atoms. The number of halogens is 2. The van der Waals surface area contributed by atoms with E-state index >= 15 is 0 Å². The van der Waals surface area contributed by atoms with Crippen molar-refractivity contribution < 1.29 is 13.2 Å². The van der Waals surface area contributed by atoms with Crippen molar-refractivity contribution in [3.05, 3.63) is 59.5 Å². The van der Waals surface area contributed by atoms with Crippen LogP contribution in [0, 0.1) is 11.6 Å². The summed E-state index contributed by atoms with van der Waals surface area (Å²) in [6.07, 6.45) is 0.572. The van der Waals surface area contributed by atoms with Crippen molar-refractivity contribution in [3.8, 4) is 11.5 Å². The molecule has 126 valence electrons. The Labute approximate surface area is 140 Å². The van der Waals surface area contributed by atoms with Gasteiger partial charge in [0.2, 0.25) is 11.8 Å². The summed E-state index contributed by atoms with van der Waals surface area (Å²) in [5, 5.41) is 15.5. The van der Waals surface area contributed by atoms with Crippen molar-refractivity contribution in [1.29, 1.82) is 0 Å². The van der Waals surface area contributed by atoms with Gasteiger partial charge < -0.3 is 10.2 Å². The molecule has 0 aliphatic heterocycles. The smallest absolute Gasteiger partial charge is 0.247 e. The van der Waals surface area contributed by atoms with E-state index in [2.05, 4.69) is 20.4 Å². The molecule has 0 bridgehead atoms. The second kappa shape index (κ2) is 5.97. The lowest BCUT2D eigenvalue weighted by atomic mass is 10.1. The predicted molar refractivity (Wildman–Crippen MR) is 87.6 cm³/mol. The minimum atomic E-state index is -0.478. The Balaban J connectivity index is 1.55. The van der Waals surface area contributed by atoms with Gasteiger partial charge in [-0.2, -0.15) is 5.10 Å². The number of benzene rings is 2. The molecule has 2 aromatic carbocycles. The highest BCUT2D eigenvalue weighted by molar-refractivity contribution is 5.91. The number of nitrogens with two attached hydrogens (primary N) is 1. The zero-order chi connectivity index (χ0) is 17.4. The molecule has 3 N–H and O–H groups in total. The number of H-pyrrole nitrogens is 1. The number of rotatable bonds is 4. The van der Waals surface area contributed by atoms with Crippen LogP contribution in [-0.2, 0) is 12.8 Å². The molecule has 0 unspecified atom stereocenters.